The van der Waals surface area contributed by atoms with Crippen LogP contribution in [-0.4, -0.2) is 24.1 Å². The van der Waals surface area contributed by atoms with Crippen LogP contribution >= 0.6 is 12.4 Å². The van der Waals surface area contributed by atoms with Crippen molar-refractivity contribution in [2.24, 2.45) is 0 Å². The van der Waals surface area contributed by atoms with Crippen LogP contribution in [-0.2, 0) is 0 Å². The summed E-state index contributed by atoms with van der Waals surface area (Å²) in [6, 6.07) is 3.33. The van der Waals surface area contributed by atoms with Crippen LogP contribution < -0.4 is 10.1 Å². The molecule has 0 aromatic heterocycles. The SMILES string of the molecule is Cl.O=[N+]([O-])c1cc(F)ccc1O[C@H]1CCNC1. The third-order valence-electron chi connectivity index (χ3n) is 2.43. The number of nitro groups is 1. The Hall–Kier alpha value is -1.40. The van der Waals surface area contributed by atoms with Gasteiger partial charge in [-0.1, -0.05) is 0 Å². The topological polar surface area (TPSA) is 64.4 Å². The molecule has 0 amide bonds. The lowest BCUT2D eigenvalue weighted by Gasteiger charge is -2.12. The first-order valence-corrected chi connectivity index (χ1v) is 4.98. The van der Waals surface area contributed by atoms with E-state index >= 15 is 0 Å². The summed E-state index contributed by atoms with van der Waals surface area (Å²) in [6.45, 7) is 1.49. The number of hydrogen-bond donors (Lipinski definition) is 1. The van der Waals surface area contributed by atoms with E-state index in [4.69, 9.17) is 4.74 Å². The van der Waals surface area contributed by atoms with E-state index in [1.54, 1.807) is 0 Å². The van der Waals surface area contributed by atoms with Gasteiger partial charge >= 0.3 is 5.69 Å². The normalized spacial score (nSPS) is 18.5. The van der Waals surface area contributed by atoms with Gasteiger partial charge in [0.05, 0.1) is 11.0 Å². The van der Waals surface area contributed by atoms with Gasteiger partial charge in [-0.2, -0.15) is 0 Å². The minimum absolute atomic E-state index is 0. The Kier molecular flexibility index (Phi) is 4.65. The van der Waals surface area contributed by atoms with Gasteiger partial charge in [0, 0.05) is 6.54 Å². The molecular weight excluding hydrogens is 251 g/mol. The van der Waals surface area contributed by atoms with Crippen LogP contribution in [0.25, 0.3) is 0 Å². The van der Waals surface area contributed by atoms with Gasteiger partial charge in [0.25, 0.3) is 0 Å². The van der Waals surface area contributed by atoms with Crippen molar-refractivity contribution < 1.29 is 14.1 Å². The van der Waals surface area contributed by atoms with Gasteiger partial charge in [-0.3, -0.25) is 10.1 Å². The number of halogens is 2. The van der Waals surface area contributed by atoms with E-state index in [1.807, 2.05) is 0 Å². The van der Waals surface area contributed by atoms with Crippen molar-refractivity contribution >= 4 is 18.1 Å². The van der Waals surface area contributed by atoms with E-state index in [9.17, 15) is 14.5 Å². The Labute approximate surface area is 104 Å². The molecule has 1 saturated heterocycles. The van der Waals surface area contributed by atoms with E-state index in [2.05, 4.69) is 5.32 Å². The van der Waals surface area contributed by atoms with Crippen molar-refractivity contribution in [2.75, 3.05) is 13.1 Å². The Balaban J connectivity index is 0.00000144. The highest BCUT2D eigenvalue weighted by molar-refractivity contribution is 5.85. The van der Waals surface area contributed by atoms with E-state index in [-0.39, 0.29) is 29.9 Å². The Morgan fingerprint density at radius 2 is 2.29 bits per heavy atom. The predicted octanol–water partition coefficient (Wildman–Crippen LogP) is 1.90. The molecule has 0 bridgehead atoms. The highest BCUT2D eigenvalue weighted by atomic mass is 35.5. The zero-order valence-electron chi connectivity index (χ0n) is 8.89. The van der Waals surface area contributed by atoms with Crippen LogP contribution in [0.15, 0.2) is 18.2 Å². The summed E-state index contributed by atoms with van der Waals surface area (Å²) in [5.74, 6) is -0.510. The molecule has 1 aliphatic heterocycles. The van der Waals surface area contributed by atoms with E-state index < -0.39 is 10.7 Å². The number of ether oxygens (including phenoxy) is 1. The summed E-state index contributed by atoms with van der Waals surface area (Å²) in [5.41, 5.74) is -0.327. The molecule has 2 rings (SSSR count). The number of benzene rings is 1. The number of nitrogens with zero attached hydrogens (tertiary/aromatic N) is 1. The first-order chi connectivity index (χ1) is 7.66. The van der Waals surface area contributed by atoms with Crippen molar-refractivity contribution in [3.8, 4) is 5.75 Å². The number of hydrogen-bond acceptors (Lipinski definition) is 4. The molecule has 94 valence electrons. The number of nitrogens with one attached hydrogen (secondary N) is 1. The summed E-state index contributed by atoms with van der Waals surface area (Å²) in [6.07, 6.45) is 0.721. The van der Waals surface area contributed by atoms with Crippen LogP contribution in [0, 0.1) is 15.9 Å². The molecule has 5 nitrogen and oxygen atoms in total. The molecule has 1 N–H and O–H groups in total. The third kappa shape index (κ3) is 3.28. The average molecular weight is 263 g/mol. The fourth-order valence-corrected chi connectivity index (χ4v) is 1.64. The molecule has 0 spiro atoms. The Morgan fingerprint density at radius 3 is 2.88 bits per heavy atom. The minimum Gasteiger partial charge on any atom is -0.482 e. The highest BCUT2D eigenvalue weighted by Gasteiger charge is 2.22. The fraction of sp³-hybridized carbons (Fsp3) is 0.400. The molecule has 17 heavy (non-hydrogen) atoms. The zero-order valence-corrected chi connectivity index (χ0v) is 9.71. The standard InChI is InChI=1S/C10H11FN2O3.ClH/c11-7-1-2-10(9(5-7)13(14)15)16-8-3-4-12-6-8;/h1-2,5,8,12H,3-4,6H2;1H/t8-;/m0./s1. The number of nitro benzene ring substituents is 1. The van der Waals surface area contributed by atoms with Crippen LogP contribution in [0.1, 0.15) is 6.42 Å². The van der Waals surface area contributed by atoms with Crippen molar-refractivity contribution in [2.45, 2.75) is 12.5 Å². The Bertz CT molecular complexity index is 411. The molecule has 1 aliphatic rings. The second-order valence-corrected chi connectivity index (χ2v) is 3.60. The van der Waals surface area contributed by atoms with Gasteiger partial charge in [-0.25, -0.2) is 4.39 Å². The monoisotopic (exact) mass is 262 g/mol. The van der Waals surface area contributed by atoms with Crippen LogP contribution in [0.3, 0.4) is 0 Å². The number of rotatable bonds is 3. The maximum absolute atomic E-state index is 12.8. The maximum atomic E-state index is 12.8. The molecule has 7 heteroatoms. The first kappa shape index (κ1) is 13.7. The summed E-state index contributed by atoms with van der Waals surface area (Å²) in [7, 11) is 0. The summed E-state index contributed by atoms with van der Waals surface area (Å²) in [5, 5.41) is 13.8. The van der Waals surface area contributed by atoms with Crippen molar-refractivity contribution in [1.82, 2.24) is 5.32 Å². The van der Waals surface area contributed by atoms with Crippen LogP contribution in [0.4, 0.5) is 10.1 Å². The molecular formula is C10H12ClFN2O3. The summed E-state index contributed by atoms with van der Waals surface area (Å²) < 4.78 is 18.3. The van der Waals surface area contributed by atoms with Gasteiger partial charge in [0.1, 0.15) is 11.9 Å². The second-order valence-electron chi connectivity index (χ2n) is 3.60. The molecule has 0 radical (unpaired) electrons. The second kappa shape index (κ2) is 5.79. The Morgan fingerprint density at radius 1 is 1.53 bits per heavy atom. The minimum atomic E-state index is -0.638. The van der Waals surface area contributed by atoms with Gasteiger partial charge in [-0.15, -0.1) is 12.4 Å². The first-order valence-electron chi connectivity index (χ1n) is 4.98. The third-order valence-corrected chi connectivity index (χ3v) is 2.43. The van der Waals surface area contributed by atoms with Gasteiger partial charge in [0.15, 0.2) is 5.75 Å². The molecule has 0 saturated carbocycles. The molecule has 1 heterocycles. The van der Waals surface area contributed by atoms with E-state index in [0.29, 0.717) is 6.54 Å². The maximum Gasteiger partial charge on any atom is 0.313 e. The van der Waals surface area contributed by atoms with Crippen LogP contribution in [0.5, 0.6) is 5.75 Å². The molecule has 1 aromatic carbocycles. The molecule has 1 aromatic rings. The van der Waals surface area contributed by atoms with Crippen LogP contribution in [0.2, 0.25) is 0 Å². The molecule has 1 fully saturated rings. The predicted molar refractivity (Wildman–Crippen MR) is 62.2 cm³/mol. The smallest absolute Gasteiger partial charge is 0.313 e. The van der Waals surface area contributed by atoms with Crippen molar-refractivity contribution in [3.05, 3.63) is 34.1 Å². The van der Waals surface area contributed by atoms with Gasteiger partial charge in [0.2, 0.25) is 0 Å². The molecule has 0 aliphatic carbocycles. The largest absolute Gasteiger partial charge is 0.482 e. The van der Waals surface area contributed by atoms with Crippen molar-refractivity contribution in [3.63, 3.8) is 0 Å². The molecule has 1 atom stereocenters. The lowest BCUT2D eigenvalue weighted by atomic mass is 10.2. The fourth-order valence-electron chi connectivity index (χ4n) is 1.64. The van der Waals surface area contributed by atoms with E-state index in [0.717, 1.165) is 25.1 Å². The summed E-state index contributed by atoms with van der Waals surface area (Å²) >= 11 is 0. The summed E-state index contributed by atoms with van der Waals surface area (Å²) in [4.78, 5) is 10.1. The van der Waals surface area contributed by atoms with Gasteiger partial charge in [-0.05, 0) is 25.1 Å². The average Bonchev–Trinajstić information content (AvgIpc) is 2.73. The van der Waals surface area contributed by atoms with Crippen molar-refractivity contribution in [1.29, 1.82) is 0 Å². The quantitative estimate of drug-likeness (QED) is 0.667. The lowest BCUT2D eigenvalue weighted by Crippen LogP contribution is -2.20. The zero-order chi connectivity index (χ0) is 11.5. The highest BCUT2D eigenvalue weighted by Crippen LogP contribution is 2.29. The molecule has 0 unspecified atom stereocenters. The lowest BCUT2D eigenvalue weighted by molar-refractivity contribution is -0.386. The van der Waals surface area contributed by atoms with E-state index in [1.165, 1.54) is 6.07 Å². The van der Waals surface area contributed by atoms with Gasteiger partial charge < -0.3 is 10.1 Å².